The van der Waals surface area contributed by atoms with E-state index in [-0.39, 0.29) is 5.97 Å². The lowest BCUT2D eigenvalue weighted by Crippen LogP contribution is -2.19. The fourth-order valence-electron chi connectivity index (χ4n) is 2.48. The van der Waals surface area contributed by atoms with E-state index in [1.807, 2.05) is 11.3 Å². The van der Waals surface area contributed by atoms with Gasteiger partial charge in [0, 0.05) is 22.2 Å². The van der Waals surface area contributed by atoms with Crippen molar-refractivity contribution in [1.29, 1.82) is 0 Å². The molecule has 1 heterocycles. The number of carbonyl (C=O) groups is 1. The number of rotatable bonds is 6. The maximum Gasteiger partial charge on any atom is 0.305 e. The van der Waals surface area contributed by atoms with E-state index in [9.17, 15) is 4.79 Å². The lowest BCUT2D eigenvalue weighted by Gasteiger charge is -2.11. The van der Waals surface area contributed by atoms with Gasteiger partial charge in [-0.1, -0.05) is 0 Å². The lowest BCUT2D eigenvalue weighted by atomic mass is 9.99. The van der Waals surface area contributed by atoms with Gasteiger partial charge in [0.05, 0.1) is 7.11 Å². The summed E-state index contributed by atoms with van der Waals surface area (Å²) < 4.78 is 4.63. The zero-order valence-corrected chi connectivity index (χ0v) is 12.6. The molecule has 0 radical (unpaired) electrons. The second-order valence-electron chi connectivity index (χ2n) is 5.16. The number of nitrogens with one attached hydrogen (secondary N) is 1. The monoisotopic (exact) mass is 281 g/mol. The van der Waals surface area contributed by atoms with Crippen LogP contribution in [0.5, 0.6) is 0 Å². The van der Waals surface area contributed by atoms with E-state index in [0.717, 1.165) is 13.0 Å². The highest BCUT2D eigenvalue weighted by molar-refractivity contribution is 7.12. The molecule has 1 aromatic heterocycles. The van der Waals surface area contributed by atoms with Crippen molar-refractivity contribution < 1.29 is 9.53 Å². The molecule has 0 aliphatic heterocycles. The highest BCUT2D eigenvalue weighted by Crippen LogP contribution is 2.32. The molecule has 0 bridgehead atoms. The van der Waals surface area contributed by atoms with Crippen molar-refractivity contribution in [3.8, 4) is 0 Å². The zero-order valence-electron chi connectivity index (χ0n) is 11.8. The average Bonchev–Trinajstić information content (AvgIpc) is 2.87. The molecule has 1 unspecified atom stereocenters. The van der Waals surface area contributed by atoms with E-state index in [4.69, 9.17) is 0 Å². The number of carbonyl (C=O) groups excluding carboxylic acids is 1. The Morgan fingerprint density at radius 2 is 2.26 bits per heavy atom. The number of esters is 1. The average molecular weight is 281 g/mol. The van der Waals surface area contributed by atoms with Gasteiger partial charge in [-0.3, -0.25) is 4.79 Å². The van der Waals surface area contributed by atoms with Crippen molar-refractivity contribution in [2.45, 2.75) is 51.5 Å². The molecule has 0 aromatic carbocycles. The van der Waals surface area contributed by atoms with Crippen molar-refractivity contribution >= 4 is 17.3 Å². The Balaban J connectivity index is 1.78. The lowest BCUT2D eigenvalue weighted by molar-refractivity contribution is -0.140. The van der Waals surface area contributed by atoms with Crippen LogP contribution in [-0.2, 0) is 22.4 Å². The van der Waals surface area contributed by atoms with E-state index in [2.05, 4.69) is 23.0 Å². The van der Waals surface area contributed by atoms with Crippen LogP contribution in [0.2, 0.25) is 0 Å². The molecule has 0 saturated heterocycles. The molecule has 0 fully saturated rings. The molecule has 2 rings (SSSR count). The van der Waals surface area contributed by atoms with Gasteiger partial charge < -0.3 is 10.1 Å². The quantitative estimate of drug-likeness (QED) is 0.642. The van der Waals surface area contributed by atoms with Gasteiger partial charge in [0.2, 0.25) is 0 Å². The van der Waals surface area contributed by atoms with Gasteiger partial charge in [0.25, 0.3) is 0 Å². The predicted molar refractivity (Wildman–Crippen MR) is 78.6 cm³/mol. The first-order valence-electron chi connectivity index (χ1n) is 7.12. The molecule has 19 heavy (non-hydrogen) atoms. The fraction of sp³-hybridized carbons (Fsp3) is 0.667. The normalized spacial score (nSPS) is 15.9. The Morgan fingerprint density at radius 1 is 1.47 bits per heavy atom. The van der Waals surface area contributed by atoms with E-state index in [0.29, 0.717) is 12.5 Å². The summed E-state index contributed by atoms with van der Waals surface area (Å²) in [6.45, 7) is 3.06. The van der Waals surface area contributed by atoms with Crippen LogP contribution in [0.15, 0.2) is 6.07 Å². The van der Waals surface area contributed by atoms with E-state index < -0.39 is 0 Å². The molecular weight excluding hydrogens is 258 g/mol. The maximum atomic E-state index is 11.0. The van der Waals surface area contributed by atoms with Gasteiger partial charge in [-0.05, 0) is 57.2 Å². The van der Waals surface area contributed by atoms with Gasteiger partial charge in [0.1, 0.15) is 0 Å². The van der Waals surface area contributed by atoms with Gasteiger partial charge in [-0.25, -0.2) is 0 Å². The minimum Gasteiger partial charge on any atom is -0.469 e. The minimum atomic E-state index is -0.124. The van der Waals surface area contributed by atoms with Crippen molar-refractivity contribution in [2.75, 3.05) is 13.7 Å². The van der Waals surface area contributed by atoms with Crippen LogP contribution in [0.1, 0.15) is 54.0 Å². The predicted octanol–water partition coefficient (Wildman–Crippen LogP) is 3.23. The Morgan fingerprint density at radius 3 is 3.00 bits per heavy atom. The Labute approximate surface area is 119 Å². The third-order valence-corrected chi connectivity index (χ3v) is 5.10. The number of ether oxygens (including phenoxy) is 1. The molecule has 0 saturated carbocycles. The molecule has 1 atom stereocenters. The van der Waals surface area contributed by atoms with E-state index >= 15 is 0 Å². The number of methoxy groups -OCH3 is 1. The van der Waals surface area contributed by atoms with Gasteiger partial charge >= 0.3 is 5.97 Å². The maximum absolute atomic E-state index is 11.0. The Bertz CT molecular complexity index is 404. The van der Waals surface area contributed by atoms with Crippen LogP contribution in [0, 0.1) is 0 Å². The molecule has 106 valence electrons. The first-order valence-corrected chi connectivity index (χ1v) is 7.94. The molecular formula is C15H23NO2S. The van der Waals surface area contributed by atoms with E-state index in [1.54, 1.807) is 10.4 Å². The summed E-state index contributed by atoms with van der Waals surface area (Å²) in [4.78, 5) is 14.0. The molecule has 1 aliphatic rings. The van der Waals surface area contributed by atoms with Crippen LogP contribution >= 0.6 is 11.3 Å². The zero-order chi connectivity index (χ0) is 13.7. The van der Waals surface area contributed by atoms with Crippen LogP contribution in [0.4, 0.5) is 0 Å². The number of hydrogen-bond donors (Lipinski definition) is 1. The number of hydrogen-bond acceptors (Lipinski definition) is 4. The van der Waals surface area contributed by atoms with Gasteiger partial charge in [-0.2, -0.15) is 0 Å². The summed E-state index contributed by atoms with van der Waals surface area (Å²) in [7, 11) is 1.44. The summed E-state index contributed by atoms with van der Waals surface area (Å²) in [5.41, 5.74) is 1.56. The summed E-state index contributed by atoms with van der Waals surface area (Å²) in [6, 6.07) is 2.75. The second kappa shape index (κ2) is 7.06. The molecule has 0 spiro atoms. The third kappa shape index (κ3) is 4.05. The highest BCUT2D eigenvalue weighted by Gasteiger charge is 2.16. The molecule has 1 N–H and O–H groups in total. The molecule has 1 aliphatic carbocycles. The smallest absolute Gasteiger partial charge is 0.305 e. The number of fused-ring (bicyclic) bond motifs is 1. The largest absolute Gasteiger partial charge is 0.469 e. The summed E-state index contributed by atoms with van der Waals surface area (Å²) in [6.07, 6.45) is 6.52. The van der Waals surface area contributed by atoms with Crippen molar-refractivity contribution in [1.82, 2.24) is 5.32 Å². The topological polar surface area (TPSA) is 38.3 Å². The first-order chi connectivity index (χ1) is 9.20. The van der Waals surface area contributed by atoms with E-state index in [1.165, 1.54) is 37.7 Å². The number of aryl methyl sites for hydroxylation is 2. The van der Waals surface area contributed by atoms with Gasteiger partial charge in [0.15, 0.2) is 0 Å². The van der Waals surface area contributed by atoms with Crippen LogP contribution in [0.3, 0.4) is 0 Å². The SMILES string of the molecule is COC(=O)CCCNC(C)c1cc2c(s1)CCCC2. The first kappa shape index (κ1) is 14.5. The van der Waals surface area contributed by atoms with Crippen LogP contribution < -0.4 is 5.32 Å². The van der Waals surface area contributed by atoms with Crippen LogP contribution in [0.25, 0.3) is 0 Å². The van der Waals surface area contributed by atoms with Crippen molar-refractivity contribution in [3.05, 3.63) is 21.4 Å². The van der Waals surface area contributed by atoms with Crippen LogP contribution in [-0.4, -0.2) is 19.6 Å². The second-order valence-corrected chi connectivity index (χ2v) is 6.33. The number of thiophene rings is 1. The van der Waals surface area contributed by atoms with Crippen molar-refractivity contribution in [2.24, 2.45) is 0 Å². The van der Waals surface area contributed by atoms with Crippen molar-refractivity contribution in [3.63, 3.8) is 0 Å². The Kier molecular flexibility index (Phi) is 5.40. The summed E-state index contributed by atoms with van der Waals surface area (Å²) in [5, 5.41) is 3.49. The summed E-state index contributed by atoms with van der Waals surface area (Å²) in [5.74, 6) is -0.124. The minimum absolute atomic E-state index is 0.124. The van der Waals surface area contributed by atoms with Gasteiger partial charge in [-0.15, -0.1) is 11.3 Å². The molecule has 4 heteroatoms. The molecule has 0 amide bonds. The summed E-state index contributed by atoms with van der Waals surface area (Å²) >= 11 is 1.96. The molecule has 1 aromatic rings. The highest BCUT2D eigenvalue weighted by atomic mass is 32.1. The molecule has 3 nitrogen and oxygen atoms in total. The fourth-order valence-corrected chi connectivity index (χ4v) is 3.77. The Hall–Kier alpha value is -0.870. The third-order valence-electron chi connectivity index (χ3n) is 3.68. The standard InChI is InChI=1S/C15H23NO2S/c1-11(16-9-5-8-15(17)18-2)14-10-12-6-3-4-7-13(12)19-14/h10-11,16H,3-9H2,1-2H3.